The summed E-state index contributed by atoms with van der Waals surface area (Å²) < 4.78 is 10.4. The molecule has 0 aromatic heterocycles. The number of anilines is 5. The van der Waals surface area contributed by atoms with Crippen LogP contribution in [0.5, 0.6) is 0 Å². The van der Waals surface area contributed by atoms with Crippen molar-refractivity contribution in [3.63, 3.8) is 0 Å². The van der Waals surface area contributed by atoms with E-state index in [0.29, 0.717) is 30.8 Å². The molecule has 5 aromatic rings. The Hall–Kier alpha value is -5.88. The number of benzene rings is 5. The van der Waals surface area contributed by atoms with Crippen LogP contribution in [0.4, 0.5) is 28.4 Å². The Labute approximate surface area is 301 Å². The summed E-state index contributed by atoms with van der Waals surface area (Å²) in [5, 5.41) is 0. The molecule has 0 atom stereocenters. The highest BCUT2D eigenvalue weighted by Crippen LogP contribution is 2.39. The zero-order valence-electron chi connectivity index (χ0n) is 30.0. The van der Waals surface area contributed by atoms with Crippen molar-refractivity contribution in [2.24, 2.45) is 0 Å². The average molecular weight is 677 g/mol. The highest BCUT2D eigenvalue weighted by Gasteiger charge is 2.21. The SMILES string of the molecule is CCOC(=O)C1=CC=C(N(c2ccc(C)cc2)c2ccc(-c3ccc(N(c4ccc(C)cc4)c4ccc(C(=O)OCC)cc4)cc3C)cc2)CC1. The molecule has 1 aliphatic rings. The minimum absolute atomic E-state index is 0.241. The van der Waals surface area contributed by atoms with Crippen molar-refractivity contribution >= 4 is 40.4 Å². The molecule has 0 radical (unpaired) electrons. The molecule has 6 nitrogen and oxygen atoms in total. The summed E-state index contributed by atoms with van der Waals surface area (Å²) in [7, 11) is 0. The van der Waals surface area contributed by atoms with Crippen LogP contribution in [0.25, 0.3) is 11.1 Å². The van der Waals surface area contributed by atoms with Crippen molar-refractivity contribution in [2.45, 2.75) is 47.5 Å². The summed E-state index contributed by atoms with van der Waals surface area (Å²) in [6, 6.07) is 39.7. The van der Waals surface area contributed by atoms with E-state index in [1.165, 1.54) is 11.1 Å². The van der Waals surface area contributed by atoms with Gasteiger partial charge in [0, 0.05) is 39.7 Å². The number of nitrogens with zero attached hydrogens (tertiary/aromatic N) is 2. The molecule has 258 valence electrons. The van der Waals surface area contributed by atoms with E-state index >= 15 is 0 Å². The molecule has 0 saturated carbocycles. The largest absolute Gasteiger partial charge is 0.463 e. The lowest BCUT2D eigenvalue weighted by Gasteiger charge is -2.30. The minimum Gasteiger partial charge on any atom is -0.463 e. The summed E-state index contributed by atoms with van der Waals surface area (Å²) in [5.41, 5.74) is 13.2. The fourth-order valence-electron chi connectivity index (χ4n) is 6.38. The molecule has 0 N–H and O–H groups in total. The van der Waals surface area contributed by atoms with E-state index in [1.54, 1.807) is 0 Å². The van der Waals surface area contributed by atoms with Crippen molar-refractivity contribution in [3.05, 3.63) is 161 Å². The molecule has 0 bridgehead atoms. The molecule has 0 aliphatic heterocycles. The van der Waals surface area contributed by atoms with Crippen LogP contribution >= 0.6 is 0 Å². The van der Waals surface area contributed by atoms with Crippen LogP contribution in [0, 0.1) is 20.8 Å². The van der Waals surface area contributed by atoms with Crippen molar-refractivity contribution in [3.8, 4) is 11.1 Å². The molecule has 0 heterocycles. The van der Waals surface area contributed by atoms with E-state index < -0.39 is 0 Å². The lowest BCUT2D eigenvalue weighted by molar-refractivity contribution is -0.138. The standard InChI is InChI=1S/C45H44N2O4/c1-6-50-44(48)35-14-24-40(25-15-35)46(37-18-8-31(3)9-19-37)39-22-12-34(13-23-39)43-29-28-42(30-33(43)5)47(38-20-10-32(4)11-21-38)41-26-16-36(17-27-41)45(49)51-7-2/h8-14,16-24,26-30H,6-7,15,25H2,1-5H3. The maximum Gasteiger partial charge on any atom is 0.338 e. The number of ether oxygens (including phenoxy) is 2. The number of esters is 2. The van der Waals surface area contributed by atoms with Crippen LogP contribution in [0.3, 0.4) is 0 Å². The number of carbonyl (C=O) groups is 2. The van der Waals surface area contributed by atoms with E-state index in [2.05, 4.69) is 122 Å². The van der Waals surface area contributed by atoms with E-state index in [1.807, 2.05) is 50.3 Å². The molecule has 0 spiro atoms. The third-order valence-electron chi connectivity index (χ3n) is 9.08. The fourth-order valence-corrected chi connectivity index (χ4v) is 6.38. The predicted molar refractivity (Wildman–Crippen MR) is 207 cm³/mol. The van der Waals surface area contributed by atoms with Gasteiger partial charge in [0.25, 0.3) is 0 Å². The number of hydrogen-bond donors (Lipinski definition) is 0. The highest BCUT2D eigenvalue weighted by molar-refractivity contribution is 5.91. The predicted octanol–water partition coefficient (Wildman–Crippen LogP) is 11.2. The number of hydrogen-bond acceptors (Lipinski definition) is 6. The van der Waals surface area contributed by atoms with Gasteiger partial charge in [-0.05, 0) is 143 Å². The molecule has 1 aliphatic carbocycles. The maximum absolute atomic E-state index is 12.4. The van der Waals surface area contributed by atoms with Crippen molar-refractivity contribution in [1.82, 2.24) is 0 Å². The van der Waals surface area contributed by atoms with Gasteiger partial charge in [0.2, 0.25) is 0 Å². The monoisotopic (exact) mass is 676 g/mol. The molecule has 6 heteroatoms. The number of aryl methyl sites for hydroxylation is 3. The summed E-state index contributed by atoms with van der Waals surface area (Å²) >= 11 is 0. The first-order valence-corrected chi connectivity index (χ1v) is 17.5. The summed E-state index contributed by atoms with van der Waals surface area (Å²) in [4.78, 5) is 29.2. The second-order valence-corrected chi connectivity index (χ2v) is 12.7. The van der Waals surface area contributed by atoms with Gasteiger partial charge in [-0.15, -0.1) is 0 Å². The summed E-state index contributed by atoms with van der Waals surface area (Å²) in [6.45, 7) is 10.7. The van der Waals surface area contributed by atoms with Crippen molar-refractivity contribution in [1.29, 1.82) is 0 Å². The lowest BCUT2D eigenvalue weighted by Crippen LogP contribution is -2.19. The van der Waals surface area contributed by atoms with Crippen molar-refractivity contribution < 1.29 is 19.1 Å². The highest BCUT2D eigenvalue weighted by atomic mass is 16.5. The molecule has 0 saturated heterocycles. The van der Waals surface area contributed by atoms with Crippen LogP contribution in [-0.2, 0) is 14.3 Å². The molecule has 51 heavy (non-hydrogen) atoms. The van der Waals surface area contributed by atoms with Gasteiger partial charge in [-0.2, -0.15) is 0 Å². The van der Waals surface area contributed by atoms with E-state index in [9.17, 15) is 9.59 Å². The quantitative estimate of drug-likeness (QED) is 0.130. The van der Waals surface area contributed by atoms with Gasteiger partial charge in [0.15, 0.2) is 0 Å². The number of rotatable bonds is 11. The Morgan fingerprint density at radius 1 is 0.549 bits per heavy atom. The fraction of sp³-hybridized carbons (Fsp3) is 0.200. The second-order valence-electron chi connectivity index (χ2n) is 12.7. The van der Waals surface area contributed by atoms with Crippen LogP contribution in [0.15, 0.2) is 139 Å². The molecule has 0 amide bonds. The Bertz CT molecular complexity index is 2060. The van der Waals surface area contributed by atoms with E-state index in [4.69, 9.17) is 9.47 Å². The van der Waals surface area contributed by atoms with E-state index in [0.717, 1.165) is 57.2 Å². The lowest BCUT2D eigenvalue weighted by atomic mass is 9.98. The summed E-state index contributed by atoms with van der Waals surface area (Å²) in [6.07, 6.45) is 5.29. The van der Waals surface area contributed by atoms with E-state index in [-0.39, 0.29) is 11.9 Å². The molecular formula is C45H44N2O4. The Morgan fingerprint density at radius 3 is 1.55 bits per heavy atom. The topological polar surface area (TPSA) is 59.1 Å². The van der Waals surface area contributed by atoms with Gasteiger partial charge in [-0.1, -0.05) is 59.7 Å². The third kappa shape index (κ3) is 7.97. The first kappa shape index (κ1) is 35.0. The Morgan fingerprint density at radius 2 is 1.04 bits per heavy atom. The van der Waals surface area contributed by atoms with Gasteiger partial charge in [-0.3, -0.25) is 0 Å². The number of allylic oxidation sites excluding steroid dienone is 3. The van der Waals surface area contributed by atoms with Crippen LogP contribution in [0.2, 0.25) is 0 Å². The first-order chi connectivity index (χ1) is 24.7. The molecule has 6 rings (SSSR count). The maximum atomic E-state index is 12.4. The smallest absolute Gasteiger partial charge is 0.338 e. The van der Waals surface area contributed by atoms with Gasteiger partial charge >= 0.3 is 11.9 Å². The molecule has 0 unspecified atom stereocenters. The third-order valence-corrected chi connectivity index (χ3v) is 9.08. The summed E-state index contributed by atoms with van der Waals surface area (Å²) in [5.74, 6) is -0.566. The second kappa shape index (κ2) is 15.8. The Kier molecular flexibility index (Phi) is 10.8. The molecule has 5 aromatic carbocycles. The molecular weight excluding hydrogens is 633 g/mol. The van der Waals surface area contributed by atoms with Gasteiger partial charge < -0.3 is 19.3 Å². The zero-order valence-corrected chi connectivity index (χ0v) is 30.0. The van der Waals surface area contributed by atoms with Crippen molar-refractivity contribution in [2.75, 3.05) is 23.0 Å². The Balaban J connectivity index is 1.32. The van der Waals surface area contributed by atoms with Gasteiger partial charge in [-0.25, -0.2) is 9.59 Å². The molecule has 0 fully saturated rings. The first-order valence-electron chi connectivity index (χ1n) is 17.5. The average Bonchev–Trinajstić information content (AvgIpc) is 3.15. The van der Waals surface area contributed by atoms with Crippen LogP contribution < -0.4 is 9.80 Å². The van der Waals surface area contributed by atoms with Gasteiger partial charge in [0.05, 0.1) is 18.8 Å². The van der Waals surface area contributed by atoms with Crippen LogP contribution in [-0.4, -0.2) is 25.2 Å². The van der Waals surface area contributed by atoms with Crippen LogP contribution in [0.1, 0.15) is 53.7 Å². The minimum atomic E-state index is -0.324. The zero-order chi connectivity index (χ0) is 35.9. The van der Waals surface area contributed by atoms with Gasteiger partial charge in [0.1, 0.15) is 0 Å². The number of carbonyl (C=O) groups excluding carboxylic acids is 2. The normalized spacial score (nSPS) is 12.4.